The van der Waals surface area contributed by atoms with Gasteiger partial charge in [0.2, 0.25) is 10.0 Å². The molecule has 0 bridgehead atoms. The van der Waals surface area contributed by atoms with Crippen molar-refractivity contribution in [2.75, 3.05) is 20.1 Å². The number of sulfonamides is 1. The first-order chi connectivity index (χ1) is 12.5. The molecule has 0 aliphatic carbocycles. The van der Waals surface area contributed by atoms with Gasteiger partial charge >= 0.3 is 0 Å². The summed E-state index contributed by atoms with van der Waals surface area (Å²) in [7, 11) is -2.01. The highest BCUT2D eigenvalue weighted by Gasteiger charge is 2.10. The maximum Gasteiger partial charge on any atom is 0.240 e. The number of guanidine groups is 1. The molecule has 0 unspecified atom stereocenters. The van der Waals surface area contributed by atoms with Gasteiger partial charge in [0.15, 0.2) is 5.96 Å². The number of hydrogen-bond acceptors (Lipinski definition) is 4. The highest BCUT2D eigenvalue weighted by molar-refractivity contribution is 14.0. The van der Waals surface area contributed by atoms with E-state index in [1.54, 1.807) is 30.5 Å². The second kappa shape index (κ2) is 11.9. The average Bonchev–Trinajstić information content (AvgIpc) is 3.17. The van der Waals surface area contributed by atoms with E-state index in [-0.39, 0.29) is 28.9 Å². The Bertz CT molecular complexity index is 791. The number of aromatic nitrogens is 2. The topological polar surface area (TPSA) is 100 Å². The quantitative estimate of drug-likeness (QED) is 0.208. The lowest BCUT2D eigenvalue weighted by Crippen LogP contribution is -2.38. The molecule has 0 aliphatic heterocycles. The number of hydrogen-bond donors (Lipinski definition) is 3. The second-order valence-electron chi connectivity index (χ2n) is 5.60. The van der Waals surface area contributed by atoms with Crippen LogP contribution < -0.4 is 15.4 Å². The largest absolute Gasteiger partial charge is 0.357 e. The van der Waals surface area contributed by atoms with Gasteiger partial charge in [-0.1, -0.05) is 12.1 Å². The van der Waals surface area contributed by atoms with Crippen LogP contribution in [-0.4, -0.2) is 44.3 Å². The first kappa shape index (κ1) is 23.4. The van der Waals surface area contributed by atoms with Crippen LogP contribution in [0, 0.1) is 0 Å². The van der Waals surface area contributed by atoms with Gasteiger partial charge < -0.3 is 10.6 Å². The third kappa shape index (κ3) is 7.85. The van der Waals surface area contributed by atoms with E-state index < -0.39 is 10.0 Å². The summed E-state index contributed by atoms with van der Waals surface area (Å²) in [5, 5.41) is 10.7. The van der Waals surface area contributed by atoms with Crippen LogP contribution in [0.5, 0.6) is 0 Å². The third-order valence-electron chi connectivity index (χ3n) is 3.68. The predicted molar refractivity (Wildman–Crippen MR) is 118 cm³/mol. The van der Waals surface area contributed by atoms with E-state index in [0.717, 1.165) is 37.6 Å². The lowest BCUT2D eigenvalue weighted by Gasteiger charge is -2.11. The fourth-order valence-corrected chi connectivity index (χ4v) is 3.01. The zero-order chi connectivity index (χ0) is 18.8. The Balaban J connectivity index is 0.00000364. The minimum absolute atomic E-state index is 0. The van der Waals surface area contributed by atoms with Crippen LogP contribution in [0.4, 0.5) is 0 Å². The fraction of sp³-hybridized carbons (Fsp3) is 0.412. The van der Waals surface area contributed by atoms with Crippen LogP contribution >= 0.6 is 24.0 Å². The van der Waals surface area contributed by atoms with Gasteiger partial charge in [0, 0.05) is 32.0 Å². The van der Waals surface area contributed by atoms with Gasteiger partial charge in [-0.3, -0.25) is 4.68 Å². The van der Waals surface area contributed by atoms with Gasteiger partial charge in [-0.05, 0) is 44.2 Å². The molecule has 8 nitrogen and oxygen atoms in total. The van der Waals surface area contributed by atoms with Crippen molar-refractivity contribution in [2.45, 2.75) is 31.3 Å². The standard InChI is InChI=1S/C17H26N6O2S.HI/c1-3-19-17(20-10-4-12-23-13-5-11-22-23)21-14-15-6-8-16(9-7-15)26(24,25)18-2;/h5-9,11,13,18H,3-4,10,12,14H2,1-2H3,(H2,19,20,21);1H. The Morgan fingerprint density at radius 3 is 2.56 bits per heavy atom. The summed E-state index contributed by atoms with van der Waals surface area (Å²) in [5.41, 5.74) is 0.939. The van der Waals surface area contributed by atoms with Gasteiger partial charge in [0.1, 0.15) is 0 Å². The highest BCUT2D eigenvalue weighted by Crippen LogP contribution is 2.10. The molecule has 0 fully saturated rings. The van der Waals surface area contributed by atoms with E-state index in [1.165, 1.54) is 7.05 Å². The number of nitrogens with one attached hydrogen (secondary N) is 3. The molecule has 0 saturated carbocycles. The van der Waals surface area contributed by atoms with Crippen molar-refractivity contribution in [2.24, 2.45) is 4.99 Å². The SMILES string of the molecule is CCNC(=NCc1ccc(S(=O)(=O)NC)cc1)NCCCn1cccn1.I. The molecule has 3 N–H and O–H groups in total. The van der Waals surface area contributed by atoms with Crippen molar-refractivity contribution >= 4 is 40.0 Å². The summed E-state index contributed by atoms with van der Waals surface area (Å²) in [4.78, 5) is 4.78. The van der Waals surface area contributed by atoms with Crippen molar-refractivity contribution in [3.8, 4) is 0 Å². The van der Waals surface area contributed by atoms with E-state index >= 15 is 0 Å². The van der Waals surface area contributed by atoms with Crippen LogP contribution in [0.25, 0.3) is 0 Å². The molecule has 27 heavy (non-hydrogen) atoms. The molecule has 150 valence electrons. The van der Waals surface area contributed by atoms with Crippen molar-refractivity contribution in [3.05, 3.63) is 48.3 Å². The highest BCUT2D eigenvalue weighted by atomic mass is 127. The Morgan fingerprint density at radius 2 is 1.96 bits per heavy atom. The number of benzene rings is 1. The molecule has 0 amide bonds. The molecule has 0 spiro atoms. The van der Waals surface area contributed by atoms with E-state index in [2.05, 4.69) is 25.4 Å². The zero-order valence-electron chi connectivity index (χ0n) is 15.6. The molecule has 10 heteroatoms. The van der Waals surface area contributed by atoms with E-state index in [9.17, 15) is 8.42 Å². The third-order valence-corrected chi connectivity index (χ3v) is 5.11. The Hall–Kier alpha value is -1.66. The number of nitrogens with zero attached hydrogens (tertiary/aromatic N) is 3. The van der Waals surface area contributed by atoms with Crippen LogP contribution in [-0.2, 0) is 23.1 Å². The molecule has 1 aromatic carbocycles. The maximum atomic E-state index is 11.7. The zero-order valence-corrected chi connectivity index (χ0v) is 18.7. The molecule has 1 heterocycles. The number of halogens is 1. The smallest absolute Gasteiger partial charge is 0.240 e. The van der Waals surface area contributed by atoms with Gasteiger partial charge in [-0.15, -0.1) is 24.0 Å². The molecule has 0 saturated heterocycles. The van der Waals surface area contributed by atoms with Gasteiger partial charge in [-0.25, -0.2) is 18.1 Å². The molecule has 0 aliphatic rings. The second-order valence-corrected chi connectivity index (χ2v) is 7.48. The predicted octanol–water partition coefficient (Wildman–Crippen LogP) is 1.55. The number of aryl methyl sites for hydroxylation is 1. The summed E-state index contributed by atoms with van der Waals surface area (Å²) >= 11 is 0. The lowest BCUT2D eigenvalue weighted by molar-refractivity contribution is 0.570. The molecule has 1 aromatic heterocycles. The monoisotopic (exact) mass is 506 g/mol. The van der Waals surface area contributed by atoms with Crippen molar-refractivity contribution in [3.63, 3.8) is 0 Å². The summed E-state index contributed by atoms with van der Waals surface area (Å²) in [6.45, 7) is 4.88. The van der Waals surface area contributed by atoms with E-state index in [4.69, 9.17) is 0 Å². The lowest BCUT2D eigenvalue weighted by atomic mass is 10.2. The summed E-state index contributed by atoms with van der Waals surface area (Å²) in [6.07, 6.45) is 4.64. The van der Waals surface area contributed by atoms with Crippen LogP contribution in [0.15, 0.2) is 52.6 Å². The summed E-state index contributed by atoms with van der Waals surface area (Å²) in [6, 6.07) is 8.62. The first-order valence-electron chi connectivity index (χ1n) is 8.57. The fourth-order valence-electron chi connectivity index (χ4n) is 2.28. The number of aliphatic imine (C=N–C) groups is 1. The molecule has 2 aromatic rings. The summed E-state index contributed by atoms with van der Waals surface area (Å²) < 4.78 is 27.7. The van der Waals surface area contributed by atoms with Crippen molar-refractivity contribution in [1.82, 2.24) is 25.1 Å². The van der Waals surface area contributed by atoms with Gasteiger partial charge in [0.25, 0.3) is 0 Å². The molecule has 0 radical (unpaired) electrons. The molecular formula is C17H27IN6O2S. The summed E-state index contributed by atoms with van der Waals surface area (Å²) in [5.74, 6) is 0.736. The van der Waals surface area contributed by atoms with Crippen LogP contribution in [0.1, 0.15) is 18.9 Å². The van der Waals surface area contributed by atoms with Crippen LogP contribution in [0.2, 0.25) is 0 Å². The Morgan fingerprint density at radius 1 is 1.22 bits per heavy atom. The van der Waals surface area contributed by atoms with Crippen molar-refractivity contribution < 1.29 is 8.42 Å². The molecular weight excluding hydrogens is 479 g/mol. The first-order valence-corrected chi connectivity index (χ1v) is 10.1. The normalized spacial score (nSPS) is 11.7. The molecule has 2 rings (SSSR count). The minimum Gasteiger partial charge on any atom is -0.357 e. The van der Waals surface area contributed by atoms with Gasteiger partial charge in [-0.2, -0.15) is 5.10 Å². The van der Waals surface area contributed by atoms with Crippen LogP contribution in [0.3, 0.4) is 0 Å². The minimum atomic E-state index is -3.41. The van der Waals surface area contributed by atoms with Crippen molar-refractivity contribution in [1.29, 1.82) is 0 Å². The molecule has 0 atom stereocenters. The number of rotatable bonds is 9. The maximum absolute atomic E-state index is 11.7. The average molecular weight is 506 g/mol. The Labute approximate surface area is 177 Å². The van der Waals surface area contributed by atoms with E-state index in [0.29, 0.717) is 6.54 Å². The van der Waals surface area contributed by atoms with E-state index in [1.807, 2.05) is 23.9 Å². The Kier molecular flexibility index (Phi) is 10.3. The van der Waals surface area contributed by atoms with Gasteiger partial charge in [0.05, 0.1) is 11.4 Å².